The van der Waals surface area contributed by atoms with Crippen LogP contribution in [0, 0.1) is 20.8 Å². The Hall–Kier alpha value is -2.82. The summed E-state index contributed by atoms with van der Waals surface area (Å²) in [5, 5.41) is 5.57. The van der Waals surface area contributed by atoms with E-state index in [1.165, 1.54) is 5.56 Å². The number of hydrogen-bond donors (Lipinski definition) is 2. The minimum atomic E-state index is -0.212. The van der Waals surface area contributed by atoms with Gasteiger partial charge in [0.15, 0.2) is 6.61 Å². The molecule has 0 fully saturated rings. The van der Waals surface area contributed by atoms with Gasteiger partial charge in [0.1, 0.15) is 5.75 Å². The van der Waals surface area contributed by atoms with Crippen LogP contribution in [0.15, 0.2) is 36.4 Å². The molecular weight excluding hydrogens is 352 g/mol. The van der Waals surface area contributed by atoms with Gasteiger partial charge in [0, 0.05) is 18.7 Å². The Balaban J connectivity index is 1.72. The standard InChI is InChI=1S/C23H30N2O3/c1-15(2)19-8-10-20(11-9-19)23(27)25-13-12-24-21(26)14-28-22-17(4)7-6-16(3)18(22)5/h6-11,15H,12-14H2,1-5H3,(H,24,26)(H,25,27). The molecule has 28 heavy (non-hydrogen) atoms. The number of nitrogens with one attached hydrogen (secondary N) is 2. The number of carbonyl (C=O) groups excluding carboxylic acids is 2. The zero-order valence-electron chi connectivity index (χ0n) is 17.4. The summed E-state index contributed by atoms with van der Waals surface area (Å²) in [6.07, 6.45) is 0. The summed E-state index contributed by atoms with van der Waals surface area (Å²) in [5.41, 5.74) is 4.99. The Bertz CT molecular complexity index is 826. The molecule has 2 aromatic carbocycles. The van der Waals surface area contributed by atoms with Crippen LogP contribution >= 0.6 is 0 Å². The molecule has 150 valence electrons. The first-order valence-electron chi connectivity index (χ1n) is 9.64. The van der Waals surface area contributed by atoms with Crippen LogP contribution in [0.2, 0.25) is 0 Å². The maximum absolute atomic E-state index is 12.1. The van der Waals surface area contributed by atoms with Gasteiger partial charge in [-0.25, -0.2) is 0 Å². The number of benzene rings is 2. The molecule has 0 saturated carbocycles. The van der Waals surface area contributed by atoms with Crippen molar-refractivity contribution in [2.24, 2.45) is 0 Å². The quantitative estimate of drug-likeness (QED) is 0.685. The highest BCUT2D eigenvalue weighted by Crippen LogP contribution is 2.25. The molecule has 2 rings (SSSR count). The smallest absolute Gasteiger partial charge is 0.258 e. The van der Waals surface area contributed by atoms with E-state index in [4.69, 9.17) is 4.74 Å². The van der Waals surface area contributed by atoms with Gasteiger partial charge in [-0.3, -0.25) is 9.59 Å². The number of amides is 2. The number of rotatable bonds is 8. The van der Waals surface area contributed by atoms with Crippen molar-refractivity contribution in [2.45, 2.75) is 40.5 Å². The summed E-state index contributed by atoms with van der Waals surface area (Å²) >= 11 is 0. The monoisotopic (exact) mass is 382 g/mol. The lowest BCUT2D eigenvalue weighted by molar-refractivity contribution is -0.123. The summed E-state index contributed by atoms with van der Waals surface area (Å²) < 4.78 is 5.69. The lowest BCUT2D eigenvalue weighted by Crippen LogP contribution is -2.36. The van der Waals surface area contributed by atoms with E-state index in [0.29, 0.717) is 24.6 Å². The summed E-state index contributed by atoms with van der Waals surface area (Å²) in [7, 11) is 0. The highest BCUT2D eigenvalue weighted by molar-refractivity contribution is 5.94. The third kappa shape index (κ3) is 5.84. The SMILES string of the molecule is Cc1ccc(C)c(OCC(=O)NCCNC(=O)c2ccc(C(C)C)cc2)c1C. The number of hydrogen-bond acceptors (Lipinski definition) is 3. The molecule has 2 amide bonds. The van der Waals surface area contributed by atoms with E-state index in [0.717, 1.165) is 22.4 Å². The first kappa shape index (κ1) is 21.5. The molecule has 0 radical (unpaired) electrons. The summed E-state index contributed by atoms with van der Waals surface area (Å²) in [4.78, 5) is 24.1. The molecule has 2 aromatic rings. The van der Waals surface area contributed by atoms with Crippen LogP contribution in [0.1, 0.15) is 52.4 Å². The number of aryl methyl sites for hydroxylation is 2. The van der Waals surface area contributed by atoms with Crippen molar-refractivity contribution in [1.82, 2.24) is 10.6 Å². The van der Waals surface area contributed by atoms with Crippen molar-refractivity contribution < 1.29 is 14.3 Å². The van der Waals surface area contributed by atoms with E-state index < -0.39 is 0 Å². The average Bonchev–Trinajstić information content (AvgIpc) is 2.68. The molecule has 0 saturated heterocycles. The molecule has 0 spiro atoms. The Kier molecular flexibility index (Phi) is 7.61. The molecule has 0 atom stereocenters. The van der Waals surface area contributed by atoms with Gasteiger partial charge in [0.05, 0.1) is 0 Å². The molecule has 0 aliphatic heterocycles. The molecule has 5 nitrogen and oxygen atoms in total. The van der Waals surface area contributed by atoms with Crippen molar-refractivity contribution >= 4 is 11.8 Å². The van der Waals surface area contributed by atoms with Gasteiger partial charge >= 0.3 is 0 Å². The second-order valence-corrected chi connectivity index (χ2v) is 7.32. The molecule has 2 N–H and O–H groups in total. The fraction of sp³-hybridized carbons (Fsp3) is 0.391. The van der Waals surface area contributed by atoms with Gasteiger partial charge in [-0.2, -0.15) is 0 Å². The van der Waals surface area contributed by atoms with E-state index in [1.54, 1.807) is 0 Å². The molecule has 0 unspecified atom stereocenters. The fourth-order valence-corrected chi connectivity index (χ4v) is 2.84. The minimum Gasteiger partial charge on any atom is -0.483 e. The van der Waals surface area contributed by atoms with Crippen molar-refractivity contribution in [1.29, 1.82) is 0 Å². The highest BCUT2D eigenvalue weighted by Gasteiger charge is 2.10. The van der Waals surface area contributed by atoms with Gasteiger partial charge in [0.2, 0.25) is 0 Å². The van der Waals surface area contributed by atoms with Gasteiger partial charge in [0.25, 0.3) is 11.8 Å². The summed E-state index contributed by atoms with van der Waals surface area (Å²) in [6, 6.07) is 11.6. The number of ether oxygens (including phenoxy) is 1. The van der Waals surface area contributed by atoms with Crippen molar-refractivity contribution in [3.05, 3.63) is 64.2 Å². The van der Waals surface area contributed by atoms with Gasteiger partial charge in [-0.05, 0) is 61.1 Å². The van der Waals surface area contributed by atoms with Gasteiger partial charge in [-0.15, -0.1) is 0 Å². The Morgan fingerprint density at radius 3 is 2.14 bits per heavy atom. The van der Waals surface area contributed by atoms with Gasteiger partial charge < -0.3 is 15.4 Å². The lowest BCUT2D eigenvalue weighted by Gasteiger charge is -2.14. The Morgan fingerprint density at radius 1 is 0.893 bits per heavy atom. The van der Waals surface area contributed by atoms with Crippen LogP contribution in [0.4, 0.5) is 0 Å². The fourth-order valence-electron chi connectivity index (χ4n) is 2.84. The molecule has 0 aromatic heterocycles. The Morgan fingerprint density at radius 2 is 1.50 bits per heavy atom. The Labute approximate surface area is 167 Å². The molecule has 0 heterocycles. The van der Waals surface area contributed by atoms with E-state index in [1.807, 2.05) is 57.2 Å². The molecule has 0 aliphatic carbocycles. The van der Waals surface area contributed by atoms with Crippen LogP contribution in [-0.2, 0) is 4.79 Å². The summed E-state index contributed by atoms with van der Waals surface area (Å²) in [6.45, 7) is 10.9. The summed E-state index contributed by atoms with van der Waals surface area (Å²) in [5.74, 6) is 0.831. The maximum Gasteiger partial charge on any atom is 0.258 e. The molecule has 0 bridgehead atoms. The second kappa shape index (κ2) is 9.93. The lowest BCUT2D eigenvalue weighted by atomic mass is 10.0. The van der Waals surface area contributed by atoms with Crippen LogP contribution in [0.3, 0.4) is 0 Å². The predicted molar refractivity (Wildman–Crippen MR) is 112 cm³/mol. The largest absolute Gasteiger partial charge is 0.483 e. The third-order valence-electron chi connectivity index (χ3n) is 4.79. The highest BCUT2D eigenvalue weighted by atomic mass is 16.5. The van der Waals surface area contributed by atoms with Crippen LogP contribution in [0.25, 0.3) is 0 Å². The zero-order valence-corrected chi connectivity index (χ0v) is 17.4. The van der Waals surface area contributed by atoms with Crippen LogP contribution in [0.5, 0.6) is 5.75 Å². The number of carbonyl (C=O) groups is 2. The maximum atomic E-state index is 12.1. The normalized spacial score (nSPS) is 10.6. The molecule has 5 heteroatoms. The van der Waals surface area contributed by atoms with Crippen LogP contribution in [-0.4, -0.2) is 31.5 Å². The first-order valence-corrected chi connectivity index (χ1v) is 9.64. The molecular formula is C23H30N2O3. The minimum absolute atomic E-state index is 0.0459. The predicted octanol–water partition coefficient (Wildman–Crippen LogP) is 3.66. The third-order valence-corrected chi connectivity index (χ3v) is 4.79. The van der Waals surface area contributed by atoms with Gasteiger partial charge in [-0.1, -0.05) is 38.1 Å². The van der Waals surface area contributed by atoms with Crippen molar-refractivity contribution in [3.8, 4) is 5.75 Å². The first-order chi connectivity index (χ1) is 13.3. The molecule has 0 aliphatic rings. The van der Waals surface area contributed by atoms with Crippen LogP contribution < -0.4 is 15.4 Å². The van der Waals surface area contributed by atoms with E-state index in [-0.39, 0.29) is 18.4 Å². The van der Waals surface area contributed by atoms with E-state index in [9.17, 15) is 9.59 Å². The van der Waals surface area contributed by atoms with Crippen molar-refractivity contribution in [3.63, 3.8) is 0 Å². The van der Waals surface area contributed by atoms with E-state index in [2.05, 4.69) is 24.5 Å². The van der Waals surface area contributed by atoms with E-state index >= 15 is 0 Å². The second-order valence-electron chi connectivity index (χ2n) is 7.32. The average molecular weight is 383 g/mol. The van der Waals surface area contributed by atoms with Crippen molar-refractivity contribution in [2.75, 3.05) is 19.7 Å². The topological polar surface area (TPSA) is 67.4 Å². The zero-order chi connectivity index (χ0) is 20.7.